The lowest BCUT2D eigenvalue weighted by molar-refractivity contribution is -0.115. The highest BCUT2D eigenvalue weighted by Gasteiger charge is 2.26. The Balaban J connectivity index is 2.06. The summed E-state index contributed by atoms with van der Waals surface area (Å²) in [5, 5.41) is 9.93. The van der Waals surface area contributed by atoms with Gasteiger partial charge in [-0.3, -0.25) is 5.10 Å². The molecule has 0 amide bonds. The van der Waals surface area contributed by atoms with Crippen molar-refractivity contribution in [3.8, 4) is 23.0 Å². The average molecular weight is 387 g/mol. The minimum atomic E-state index is -4.32. The first-order chi connectivity index (χ1) is 13.0. The molecule has 0 bridgehead atoms. The first-order valence-corrected chi connectivity index (χ1v) is 8.60. The number of nitrogens with two attached hydrogens (primary N) is 1. The molecule has 0 aliphatic rings. The molecule has 5 nitrogen and oxygen atoms in total. The lowest BCUT2D eigenvalue weighted by Crippen LogP contribution is -2.21. The van der Waals surface area contributed by atoms with Crippen LogP contribution < -0.4 is 11.1 Å². The summed E-state index contributed by atoms with van der Waals surface area (Å²) < 4.78 is 37.4. The quantitative estimate of drug-likeness (QED) is 0.575. The minimum absolute atomic E-state index is 0.136. The van der Waals surface area contributed by atoms with Gasteiger partial charge in [0.2, 0.25) is 0 Å². The number of hydrogen-bond donors (Lipinski definition) is 3. The molecular formula is C20H20F3N5. The number of pyridine rings is 1. The Morgan fingerprint density at radius 1 is 1.14 bits per heavy atom. The number of rotatable bonds is 3. The maximum absolute atomic E-state index is 12.5. The molecular weight excluding hydrogens is 367 g/mol. The fourth-order valence-corrected chi connectivity index (χ4v) is 2.56. The minimum Gasteiger partial charge on any atom is -0.382 e. The van der Waals surface area contributed by atoms with Crippen LogP contribution in [0.4, 0.5) is 24.8 Å². The summed E-state index contributed by atoms with van der Waals surface area (Å²) in [4.78, 5) is 3.95. The molecule has 4 N–H and O–H groups in total. The molecule has 0 fully saturated rings. The van der Waals surface area contributed by atoms with Gasteiger partial charge in [-0.05, 0) is 56.2 Å². The molecule has 0 saturated heterocycles. The van der Waals surface area contributed by atoms with E-state index in [0.29, 0.717) is 22.3 Å². The van der Waals surface area contributed by atoms with E-state index < -0.39 is 12.7 Å². The highest BCUT2D eigenvalue weighted by molar-refractivity contribution is 5.96. The predicted molar refractivity (Wildman–Crippen MR) is 105 cm³/mol. The molecule has 0 unspecified atom stereocenters. The fraction of sp³-hybridized carbons (Fsp3) is 0.300. The summed E-state index contributed by atoms with van der Waals surface area (Å²) in [6.45, 7) is 4.86. The summed E-state index contributed by atoms with van der Waals surface area (Å²) in [5.41, 5.74) is 8.66. The van der Waals surface area contributed by atoms with Crippen LogP contribution in [0.3, 0.4) is 0 Å². The number of nitrogens with one attached hydrogen (secondary N) is 2. The molecule has 3 rings (SSSR count). The van der Waals surface area contributed by atoms with Crippen molar-refractivity contribution < 1.29 is 13.2 Å². The summed E-state index contributed by atoms with van der Waals surface area (Å²) >= 11 is 0. The van der Waals surface area contributed by atoms with Gasteiger partial charge in [0.25, 0.3) is 0 Å². The van der Waals surface area contributed by atoms with E-state index in [-0.39, 0.29) is 11.2 Å². The van der Waals surface area contributed by atoms with Gasteiger partial charge in [-0.2, -0.15) is 18.3 Å². The largest absolute Gasteiger partial charge is 0.405 e. The third-order valence-corrected chi connectivity index (χ3v) is 3.84. The second kappa shape index (κ2) is 7.08. The van der Waals surface area contributed by atoms with Crippen LogP contribution in [0, 0.1) is 17.3 Å². The number of nitrogen functional groups attached to an aromatic ring is 1. The maximum atomic E-state index is 12.5. The Labute approximate surface area is 160 Å². The first kappa shape index (κ1) is 19.5. The Kier molecular flexibility index (Phi) is 4.94. The monoisotopic (exact) mass is 387 g/mol. The van der Waals surface area contributed by atoms with Crippen molar-refractivity contribution in [3.05, 3.63) is 36.0 Å². The zero-order chi connectivity index (χ0) is 20.5. The van der Waals surface area contributed by atoms with Gasteiger partial charge >= 0.3 is 6.18 Å². The molecule has 2 aromatic heterocycles. The van der Waals surface area contributed by atoms with Gasteiger partial charge in [0.1, 0.15) is 12.4 Å². The number of H-pyrrole nitrogens is 1. The smallest absolute Gasteiger partial charge is 0.382 e. The number of fused-ring (bicyclic) bond motifs is 1. The Hall–Kier alpha value is -3.21. The van der Waals surface area contributed by atoms with Crippen molar-refractivity contribution in [2.75, 3.05) is 17.6 Å². The number of aromatic nitrogens is 3. The standard InChI is InChI=1S/C20H20F3N5/c1-19(2,3)6-4-13-8-14(9-15-17(13)27-28-18(15)24)12-5-7-25-16(10-12)26-11-20(21,22)23/h5,7-10H,11H2,1-3H3,(H,25,26)(H3,24,27,28). The second-order valence-corrected chi connectivity index (χ2v) is 7.45. The van der Waals surface area contributed by atoms with Gasteiger partial charge in [0, 0.05) is 17.0 Å². The van der Waals surface area contributed by atoms with E-state index >= 15 is 0 Å². The van der Waals surface area contributed by atoms with Gasteiger partial charge in [0.05, 0.1) is 11.1 Å². The topological polar surface area (TPSA) is 79.6 Å². The normalized spacial score (nSPS) is 11.9. The summed E-state index contributed by atoms with van der Waals surface area (Å²) in [5.74, 6) is 6.80. The van der Waals surface area contributed by atoms with Crippen LogP contribution in [0.2, 0.25) is 0 Å². The Bertz CT molecular complexity index is 1070. The molecule has 0 aliphatic carbocycles. The summed E-state index contributed by atoms with van der Waals surface area (Å²) in [6, 6.07) is 6.97. The SMILES string of the molecule is CC(C)(C)C#Cc1cc(-c2ccnc(NCC(F)(F)F)c2)cc2c(N)n[nH]c12. The van der Waals surface area contributed by atoms with Gasteiger partial charge in [-0.25, -0.2) is 4.98 Å². The fourth-order valence-electron chi connectivity index (χ4n) is 2.56. The molecule has 1 aromatic carbocycles. The molecule has 28 heavy (non-hydrogen) atoms. The van der Waals surface area contributed by atoms with Crippen molar-refractivity contribution >= 4 is 22.5 Å². The summed E-state index contributed by atoms with van der Waals surface area (Å²) in [6.07, 6.45) is -2.87. The van der Waals surface area contributed by atoms with Gasteiger partial charge < -0.3 is 11.1 Å². The van der Waals surface area contributed by atoms with E-state index in [1.54, 1.807) is 12.1 Å². The van der Waals surface area contributed by atoms with Crippen LogP contribution in [0.25, 0.3) is 22.0 Å². The van der Waals surface area contributed by atoms with Crippen LogP contribution in [-0.4, -0.2) is 27.9 Å². The third-order valence-electron chi connectivity index (χ3n) is 3.84. The molecule has 0 aliphatic heterocycles. The molecule has 8 heteroatoms. The molecule has 0 saturated carbocycles. The molecule has 0 radical (unpaired) electrons. The van der Waals surface area contributed by atoms with E-state index in [1.165, 1.54) is 6.20 Å². The average Bonchev–Trinajstić information content (AvgIpc) is 2.98. The van der Waals surface area contributed by atoms with E-state index in [9.17, 15) is 13.2 Å². The highest BCUT2D eigenvalue weighted by atomic mass is 19.4. The third kappa shape index (κ3) is 4.74. The number of benzene rings is 1. The zero-order valence-corrected chi connectivity index (χ0v) is 15.7. The van der Waals surface area contributed by atoms with Gasteiger partial charge in [-0.1, -0.05) is 11.8 Å². The highest BCUT2D eigenvalue weighted by Crippen LogP contribution is 2.30. The zero-order valence-electron chi connectivity index (χ0n) is 15.7. The Morgan fingerprint density at radius 2 is 1.89 bits per heavy atom. The molecule has 3 aromatic rings. The van der Waals surface area contributed by atoms with Crippen molar-refractivity contribution in [1.82, 2.24) is 15.2 Å². The number of alkyl halides is 3. The van der Waals surface area contributed by atoms with Gasteiger partial charge in [0.15, 0.2) is 5.82 Å². The van der Waals surface area contributed by atoms with E-state index in [1.807, 2.05) is 32.9 Å². The lowest BCUT2D eigenvalue weighted by atomic mass is 9.96. The summed E-state index contributed by atoms with van der Waals surface area (Å²) in [7, 11) is 0. The molecule has 2 heterocycles. The number of halogens is 3. The predicted octanol–water partition coefficient (Wildman–Crippen LogP) is 4.58. The second-order valence-electron chi connectivity index (χ2n) is 7.45. The van der Waals surface area contributed by atoms with E-state index in [0.717, 1.165) is 11.1 Å². The molecule has 146 valence electrons. The molecule has 0 spiro atoms. The number of aromatic amines is 1. The van der Waals surface area contributed by atoms with Crippen LogP contribution >= 0.6 is 0 Å². The van der Waals surface area contributed by atoms with Crippen LogP contribution in [0.1, 0.15) is 26.3 Å². The van der Waals surface area contributed by atoms with Crippen LogP contribution in [0.5, 0.6) is 0 Å². The lowest BCUT2D eigenvalue weighted by Gasteiger charge is -2.11. The molecule has 0 atom stereocenters. The van der Waals surface area contributed by atoms with Crippen molar-refractivity contribution in [2.45, 2.75) is 26.9 Å². The van der Waals surface area contributed by atoms with Crippen molar-refractivity contribution in [1.29, 1.82) is 0 Å². The number of nitrogens with zero attached hydrogens (tertiary/aromatic N) is 2. The first-order valence-electron chi connectivity index (χ1n) is 8.60. The Morgan fingerprint density at radius 3 is 2.57 bits per heavy atom. The van der Waals surface area contributed by atoms with Crippen LogP contribution in [0.15, 0.2) is 30.5 Å². The van der Waals surface area contributed by atoms with E-state index in [2.05, 4.69) is 32.3 Å². The van der Waals surface area contributed by atoms with Crippen molar-refractivity contribution in [3.63, 3.8) is 0 Å². The number of anilines is 2. The van der Waals surface area contributed by atoms with Gasteiger partial charge in [-0.15, -0.1) is 0 Å². The van der Waals surface area contributed by atoms with Crippen molar-refractivity contribution in [2.24, 2.45) is 5.41 Å². The maximum Gasteiger partial charge on any atom is 0.405 e. The number of hydrogen-bond acceptors (Lipinski definition) is 4. The van der Waals surface area contributed by atoms with E-state index in [4.69, 9.17) is 5.73 Å². The van der Waals surface area contributed by atoms with Crippen LogP contribution in [-0.2, 0) is 0 Å².